The minimum Gasteiger partial charge on any atom is -0.252 e. The van der Waals surface area contributed by atoms with Crippen LogP contribution >= 0.6 is 23.2 Å². The number of halogens is 3. The van der Waals surface area contributed by atoms with Crippen molar-refractivity contribution in [1.29, 1.82) is 0 Å². The zero-order chi connectivity index (χ0) is 11.9. The highest BCUT2D eigenvalue weighted by Crippen LogP contribution is 2.29. The van der Waals surface area contributed by atoms with Crippen LogP contribution in [0.4, 0.5) is 4.39 Å². The third-order valence-corrected chi connectivity index (χ3v) is 3.01. The lowest BCUT2D eigenvalue weighted by Crippen LogP contribution is -1.94. The molecule has 0 aliphatic rings. The Labute approximate surface area is 103 Å². The average molecular weight is 258 g/mol. The van der Waals surface area contributed by atoms with Crippen molar-refractivity contribution in [3.8, 4) is 0 Å². The van der Waals surface area contributed by atoms with Crippen LogP contribution in [0, 0.1) is 5.82 Å². The number of fused-ring (bicyclic) bond motifs is 1. The second-order valence-corrected chi connectivity index (χ2v) is 4.78. The van der Waals surface area contributed by atoms with Gasteiger partial charge in [0.1, 0.15) is 5.82 Å². The Balaban J connectivity index is 2.77. The molecule has 2 rings (SSSR count). The topological polar surface area (TPSA) is 12.9 Å². The smallest absolute Gasteiger partial charge is 0.143 e. The van der Waals surface area contributed by atoms with E-state index < -0.39 is 5.82 Å². The first kappa shape index (κ1) is 11.6. The molecule has 0 saturated carbocycles. The second-order valence-electron chi connectivity index (χ2n) is 3.97. The Kier molecular flexibility index (Phi) is 3.04. The van der Waals surface area contributed by atoms with Crippen molar-refractivity contribution < 1.29 is 4.39 Å². The molecule has 1 aromatic heterocycles. The highest BCUT2D eigenvalue weighted by Gasteiger charge is 2.10. The first-order chi connectivity index (χ1) is 7.49. The molecule has 4 heteroatoms. The molecule has 0 N–H and O–H groups in total. The minimum absolute atomic E-state index is 0.0634. The molecular formula is C12H10Cl2FN. The van der Waals surface area contributed by atoms with Crippen LogP contribution in [-0.4, -0.2) is 4.98 Å². The van der Waals surface area contributed by atoms with E-state index in [1.165, 1.54) is 12.1 Å². The van der Waals surface area contributed by atoms with Crippen LogP contribution in [0.25, 0.3) is 10.9 Å². The number of hydrogen-bond donors (Lipinski definition) is 0. The summed E-state index contributed by atoms with van der Waals surface area (Å²) >= 11 is 11.8. The van der Waals surface area contributed by atoms with Gasteiger partial charge in [-0.25, -0.2) is 4.39 Å². The Morgan fingerprint density at radius 1 is 1.12 bits per heavy atom. The number of pyridine rings is 1. The van der Waals surface area contributed by atoms with E-state index in [9.17, 15) is 4.39 Å². The van der Waals surface area contributed by atoms with Gasteiger partial charge < -0.3 is 0 Å². The Morgan fingerprint density at radius 2 is 1.81 bits per heavy atom. The molecule has 0 radical (unpaired) electrons. The van der Waals surface area contributed by atoms with Crippen LogP contribution in [0.5, 0.6) is 0 Å². The highest BCUT2D eigenvalue weighted by molar-refractivity contribution is 6.36. The summed E-state index contributed by atoms with van der Waals surface area (Å²) in [5, 5.41) is 1.29. The van der Waals surface area contributed by atoms with E-state index in [1.54, 1.807) is 6.07 Å². The van der Waals surface area contributed by atoms with Crippen LogP contribution in [-0.2, 0) is 0 Å². The number of hydrogen-bond acceptors (Lipinski definition) is 1. The average Bonchev–Trinajstić information content (AvgIpc) is 2.20. The molecule has 0 bridgehead atoms. The SMILES string of the molecule is CC(C)c1cc(Cl)c2cc(Cl)c(F)cc2n1. The van der Waals surface area contributed by atoms with Crippen molar-refractivity contribution in [3.63, 3.8) is 0 Å². The lowest BCUT2D eigenvalue weighted by molar-refractivity contribution is 0.629. The summed E-state index contributed by atoms with van der Waals surface area (Å²) < 4.78 is 13.3. The van der Waals surface area contributed by atoms with Crippen LogP contribution in [0.15, 0.2) is 18.2 Å². The molecule has 16 heavy (non-hydrogen) atoms. The predicted octanol–water partition coefficient (Wildman–Crippen LogP) is 4.80. The van der Waals surface area contributed by atoms with Crippen molar-refractivity contribution in [2.24, 2.45) is 0 Å². The van der Waals surface area contributed by atoms with Gasteiger partial charge in [-0.3, -0.25) is 4.98 Å². The van der Waals surface area contributed by atoms with Crippen molar-refractivity contribution in [3.05, 3.63) is 39.8 Å². The summed E-state index contributed by atoms with van der Waals surface area (Å²) in [5.74, 6) is -0.223. The zero-order valence-electron chi connectivity index (χ0n) is 8.89. The van der Waals surface area contributed by atoms with Crippen molar-refractivity contribution in [1.82, 2.24) is 4.98 Å². The fourth-order valence-electron chi connectivity index (χ4n) is 1.49. The molecule has 0 aliphatic heterocycles. The lowest BCUT2D eigenvalue weighted by atomic mass is 10.1. The normalized spacial score (nSPS) is 11.4. The van der Waals surface area contributed by atoms with Gasteiger partial charge in [-0.1, -0.05) is 37.0 Å². The maximum absolute atomic E-state index is 13.3. The number of benzene rings is 1. The first-order valence-electron chi connectivity index (χ1n) is 4.94. The molecule has 2 aromatic rings. The van der Waals surface area contributed by atoms with E-state index in [0.717, 1.165) is 5.69 Å². The molecule has 0 aliphatic carbocycles. The van der Waals surface area contributed by atoms with Gasteiger partial charge >= 0.3 is 0 Å². The van der Waals surface area contributed by atoms with Crippen molar-refractivity contribution >= 4 is 34.1 Å². The summed E-state index contributed by atoms with van der Waals surface area (Å²) in [6.07, 6.45) is 0. The molecule has 0 atom stereocenters. The quantitative estimate of drug-likeness (QED) is 0.715. The molecule has 1 nitrogen and oxygen atoms in total. The van der Waals surface area contributed by atoms with Crippen LogP contribution in [0.3, 0.4) is 0 Å². The molecule has 0 amide bonds. The second kappa shape index (κ2) is 4.19. The molecule has 0 unspecified atom stereocenters. The maximum Gasteiger partial charge on any atom is 0.143 e. The lowest BCUT2D eigenvalue weighted by Gasteiger charge is -2.08. The molecule has 1 heterocycles. The van der Waals surface area contributed by atoms with Crippen LogP contribution in [0.1, 0.15) is 25.5 Å². The summed E-state index contributed by atoms with van der Waals surface area (Å²) in [7, 11) is 0. The van der Waals surface area contributed by atoms with E-state index in [2.05, 4.69) is 4.98 Å². The molecule has 84 valence electrons. The predicted molar refractivity (Wildman–Crippen MR) is 65.8 cm³/mol. The molecule has 1 aromatic carbocycles. The van der Waals surface area contributed by atoms with Gasteiger partial charge in [-0.15, -0.1) is 0 Å². The van der Waals surface area contributed by atoms with Gasteiger partial charge in [0.2, 0.25) is 0 Å². The van der Waals surface area contributed by atoms with Gasteiger partial charge in [0.05, 0.1) is 15.6 Å². The third kappa shape index (κ3) is 2.00. The summed E-state index contributed by atoms with van der Waals surface area (Å²) in [6, 6.07) is 4.61. The van der Waals surface area contributed by atoms with E-state index in [4.69, 9.17) is 23.2 Å². The maximum atomic E-state index is 13.3. The fourth-order valence-corrected chi connectivity index (χ4v) is 1.92. The Bertz CT molecular complexity index is 552. The third-order valence-electron chi connectivity index (χ3n) is 2.41. The molecule has 0 spiro atoms. The monoisotopic (exact) mass is 257 g/mol. The van der Waals surface area contributed by atoms with Gasteiger partial charge in [-0.2, -0.15) is 0 Å². The van der Waals surface area contributed by atoms with E-state index >= 15 is 0 Å². The summed E-state index contributed by atoms with van der Waals surface area (Å²) in [5.41, 5.74) is 1.39. The van der Waals surface area contributed by atoms with Gasteiger partial charge in [0.25, 0.3) is 0 Å². The molecule has 0 saturated heterocycles. The fraction of sp³-hybridized carbons (Fsp3) is 0.250. The number of rotatable bonds is 1. The van der Waals surface area contributed by atoms with E-state index in [1.807, 2.05) is 13.8 Å². The van der Waals surface area contributed by atoms with Crippen LogP contribution in [0.2, 0.25) is 10.0 Å². The van der Waals surface area contributed by atoms with Crippen molar-refractivity contribution in [2.45, 2.75) is 19.8 Å². The number of aromatic nitrogens is 1. The summed E-state index contributed by atoms with van der Waals surface area (Å²) in [4.78, 5) is 4.35. The highest BCUT2D eigenvalue weighted by atomic mass is 35.5. The van der Waals surface area contributed by atoms with Crippen LogP contribution < -0.4 is 0 Å². The standard InChI is InChI=1S/C12H10Cl2FN/c1-6(2)11-4-8(13)7-3-9(14)10(15)5-12(7)16-11/h3-6H,1-2H3. The zero-order valence-corrected chi connectivity index (χ0v) is 10.4. The van der Waals surface area contributed by atoms with Gasteiger partial charge in [0.15, 0.2) is 0 Å². The van der Waals surface area contributed by atoms with E-state index in [0.29, 0.717) is 15.9 Å². The van der Waals surface area contributed by atoms with E-state index in [-0.39, 0.29) is 10.9 Å². The minimum atomic E-state index is -0.473. The molecule has 0 fully saturated rings. The Hall–Kier alpha value is -0.860. The van der Waals surface area contributed by atoms with Gasteiger partial charge in [-0.05, 0) is 18.1 Å². The van der Waals surface area contributed by atoms with Crippen molar-refractivity contribution in [2.75, 3.05) is 0 Å². The number of nitrogens with zero attached hydrogens (tertiary/aromatic N) is 1. The Morgan fingerprint density at radius 3 is 2.44 bits per heavy atom. The largest absolute Gasteiger partial charge is 0.252 e. The first-order valence-corrected chi connectivity index (χ1v) is 5.70. The summed E-state index contributed by atoms with van der Waals surface area (Å²) in [6.45, 7) is 4.02. The van der Waals surface area contributed by atoms with Gasteiger partial charge in [0, 0.05) is 17.1 Å². The molecular weight excluding hydrogens is 248 g/mol.